The molecule has 174 valence electrons. The third kappa shape index (κ3) is 6.24. The molecule has 0 heterocycles. The van der Waals surface area contributed by atoms with Crippen LogP contribution in [0.4, 0.5) is 22.0 Å². The average Bonchev–Trinajstić information content (AvgIpc) is 2.76. The van der Waals surface area contributed by atoms with E-state index in [2.05, 4.69) is 11.7 Å². The van der Waals surface area contributed by atoms with E-state index in [1.54, 1.807) is 12.1 Å². The molecule has 0 spiro atoms. The van der Waals surface area contributed by atoms with Crippen LogP contribution in [0.3, 0.4) is 0 Å². The van der Waals surface area contributed by atoms with E-state index in [1.807, 2.05) is 12.1 Å². The maximum absolute atomic E-state index is 14.0. The van der Waals surface area contributed by atoms with Gasteiger partial charge in [-0.15, -0.1) is 0 Å². The van der Waals surface area contributed by atoms with Crippen molar-refractivity contribution in [3.8, 4) is 5.75 Å². The minimum atomic E-state index is -4.80. The number of halogens is 5. The molecule has 0 unspecified atom stereocenters. The van der Waals surface area contributed by atoms with Crippen molar-refractivity contribution in [1.82, 2.24) is 0 Å². The van der Waals surface area contributed by atoms with Crippen molar-refractivity contribution >= 4 is 16.9 Å². The fourth-order valence-electron chi connectivity index (χ4n) is 4.07. The lowest BCUT2D eigenvalue weighted by molar-refractivity contribution is -0.254. The van der Waals surface area contributed by atoms with E-state index in [-0.39, 0.29) is 10.0 Å². The number of hydrogen-bond acceptors (Lipinski definition) is 3. The van der Waals surface area contributed by atoms with Crippen LogP contribution in [0, 0.1) is 11.7 Å². The first kappa shape index (κ1) is 24.6. The summed E-state index contributed by atoms with van der Waals surface area (Å²) in [5.41, 5.74) is 1.64. The van der Waals surface area contributed by atoms with E-state index in [0.717, 1.165) is 42.7 Å². The van der Waals surface area contributed by atoms with Crippen molar-refractivity contribution in [3.63, 3.8) is 0 Å². The van der Waals surface area contributed by atoms with E-state index in [4.69, 9.17) is 0 Å². The van der Waals surface area contributed by atoms with Gasteiger partial charge in [0.15, 0.2) is 11.6 Å². The normalized spacial score (nSPS) is 19.2. The lowest BCUT2D eigenvalue weighted by Gasteiger charge is -2.28. The van der Waals surface area contributed by atoms with Gasteiger partial charge < -0.3 is 4.74 Å². The Morgan fingerprint density at radius 3 is 2.31 bits per heavy atom. The van der Waals surface area contributed by atoms with Crippen LogP contribution < -0.4 is 4.74 Å². The fourth-order valence-corrected chi connectivity index (χ4v) is 4.84. The summed E-state index contributed by atoms with van der Waals surface area (Å²) in [6.45, 7) is 2.21. The molecule has 0 aliphatic heterocycles. The molecule has 2 nitrogen and oxygen atoms in total. The Kier molecular flexibility index (Phi) is 8.20. The molecule has 3 rings (SSSR count). The first-order chi connectivity index (χ1) is 15.2. The van der Waals surface area contributed by atoms with Gasteiger partial charge >= 0.3 is 12.5 Å². The number of carbonyl (C=O) groups excluding carboxylic acids is 1. The summed E-state index contributed by atoms with van der Waals surface area (Å²) in [5.74, 6) is -0.956. The highest BCUT2D eigenvalue weighted by atomic mass is 32.2. The average molecular weight is 473 g/mol. The second kappa shape index (κ2) is 10.7. The zero-order chi connectivity index (χ0) is 23.3. The molecule has 1 fully saturated rings. The number of alkyl halides is 4. The molecule has 2 aromatic carbocycles. The van der Waals surface area contributed by atoms with Gasteiger partial charge in [0, 0.05) is 10.5 Å². The second-order valence-electron chi connectivity index (χ2n) is 8.07. The van der Waals surface area contributed by atoms with Gasteiger partial charge in [0.25, 0.3) is 0 Å². The van der Waals surface area contributed by atoms with E-state index < -0.39 is 24.1 Å². The van der Waals surface area contributed by atoms with Crippen LogP contribution in [-0.2, 0) is 0 Å². The van der Waals surface area contributed by atoms with Gasteiger partial charge in [-0.2, -0.15) is 17.6 Å². The van der Waals surface area contributed by atoms with Crippen LogP contribution in [0.15, 0.2) is 47.4 Å². The molecule has 0 N–H and O–H groups in total. The Hall–Kier alpha value is -2.09. The van der Waals surface area contributed by atoms with Crippen molar-refractivity contribution in [2.75, 3.05) is 0 Å². The Bertz CT molecular complexity index is 909. The minimum absolute atomic E-state index is 0.151. The molecular weight excluding hydrogens is 447 g/mol. The van der Waals surface area contributed by atoms with Gasteiger partial charge in [0.2, 0.25) is 5.12 Å². The maximum Gasteiger partial charge on any atom is 0.461 e. The van der Waals surface area contributed by atoms with Crippen molar-refractivity contribution in [1.29, 1.82) is 0 Å². The van der Waals surface area contributed by atoms with Crippen LogP contribution in [0.1, 0.15) is 67.3 Å². The molecule has 0 saturated heterocycles. The molecule has 1 aliphatic rings. The van der Waals surface area contributed by atoms with E-state index in [1.165, 1.54) is 37.3 Å². The standard InChI is InChI=1S/C24H25F5O2S/c1-2-3-15-4-6-16(7-5-15)17-8-10-18(11-9-17)22(30)32-19-12-13-21(20(25)14-19)31-24(28,29)23(26)27/h8-16,23H,2-7H2,1H3/t15-,16-. The Morgan fingerprint density at radius 1 is 1.09 bits per heavy atom. The van der Waals surface area contributed by atoms with E-state index in [0.29, 0.717) is 11.5 Å². The Morgan fingerprint density at radius 2 is 1.75 bits per heavy atom. The smallest absolute Gasteiger partial charge is 0.425 e. The number of rotatable bonds is 8. The summed E-state index contributed by atoms with van der Waals surface area (Å²) in [5, 5.41) is -0.339. The zero-order valence-electron chi connectivity index (χ0n) is 17.6. The largest absolute Gasteiger partial charge is 0.461 e. The van der Waals surface area contributed by atoms with Gasteiger partial charge in [-0.1, -0.05) is 44.0 Å². The molecule has 1 aliphatic carbocycles. The lowest BCUT2D eigenvalue weighted by Crippen LogP contribution is -2.33. The van der Waals surface area contributed by atoms with Crippen LogP contribution in [-0.4, -0.2) is 17.6 Å². The van der Waals surface area contributed by atoms with Gasteiger partial charge in [-0.05, 0) is 73.0 Å². The summed E-state index contributed by atoms with van der Waals surface area (Å²) in [6, 6.07) is 10.2. The summed E-state index contributed by atoms with van der Waals surface area (Å²) < 4.78 is 68.2. The summed E-state index contributed by atoms with van der Waals surface area (Å²) in [6.07, 6.45) is -1.66. The first-order valence-corrected chi connectivity index (χ1v) is 11.5. The summed E-state index contributed by atoms with van der Waals surface area (Å²) in [4.78, 5) is 12.7. The van der Waals surface area contributed by atoms with Gasteiger partial charge in [-0.25, -0.2) is 4.39 Å². The molecule has 32 heavy (non-hydrogen) atoms. The lowest BCUT2D eigenvalue weighted by atomic mass is 9.77. The van der Waals surface area contributed by atoms with Gasteiger partial charge in [0.1, 0.15) is 0 Å². The fraction of sp³-hybridized carbons (Fsp3) is 0.458. The van der Waals surface area contributed by atoms with Crippen LogP contribution in [0.2, 0.25) is 0 Å². The molecule has 8 heteroatoms. The molecule has 2 aromatic rings. The Labute approximate surface area is 188 Å². The molecule has 1 saturated carbocycles. The SMILES string of the molecule is CCC[C@H]1CC[C@H](c2ccc(C(=O)Sc3ccc(OC(F)(F)C(F)F)c(F)c3)cc2)CC1. The molecular formula is C24H25F5O2S. The molecule has 0 bridgehead atoms. The Balaban J connectivity index is 1.59. The van der Waals surface area contributed by atoms with Crippen LogP contribution in [0.25, 0.3) is 0 Å². The van der Waals surface area contributed by atoms with Crippen LogP contribution in [0.5, 0.6) is 5.75 Å². The van der Waals surface area contributed by atoms with Crippen molar-refractivity contribution in [3.05, 3.63) is 59.4 Å². The number of ether oxygens (including phenoxy) is 1. The summed E-state index contributed by atoms with van der Waals surface area (Å²) in [7, 11) is 0. The van der Waals surface area contributed by atoms with Gasteiger partial charge in [0.05, 0.1) is 0 Å². The number of benzene rings is 2. The van der Waals surface area contributed by atoms with Crippen molar-refractivity contribution < 1.29 is 31.5 Å². The predicted molar refractivity (Wildman–Crippen MR) is 114 cm³/mol. The highest BCUT2D eigenvalue weighted by molar-refractivity contribution is 8.14. The maximum atomic E-state index is 14.0. The van der Waals surface area contributed by atoms with E-state index in [9.17, 15) is 26.7 Å². The zero-order valence-corrected chi connectivity index (χ0v) is 18.4. The quantitative estimate of drug-likeness (QED) is 0.287. The van der Waals surface area contributed by atoms with Crippen molar-refractivity contribution in [2.24, 2.45) is 5.92 Å². The molecule has 0 aromatic heterocycles. The third-order valence-electron chi connectivity index (χ3n) is 5.78. The topological polar surface area (TPSA) is 26.3 Å². The van der Waals surface area contributed by atoms with E-state index >= 15 is 0 Å². The molecule has 0 atom stereocenters. The second-order valence-corrected chi connectivity index (χ2v) is 9.12. The highest BCUT2D eigenvalue weighted by Gasteiger charge is 2.44. The van der Waals surface area contributed by atoms with Crippen LogP contribution >= 0.6 is 11.8 Å². The first-order valence-electron chi connectivity index (χ1n) is 10.7. The highest BCUT2D eigenvalue weighted by Crippen LogP contribution is 2.38. The molecule has 0 amide bonds. The molecule has 0 radical (unpaired) electrons. The summed E-state index contributed by atoms with van der Waals surface area (Å²) >= 11 is 0.721. The number of carbonyl (C=O) groups is 1. The minimum Gasteiger partial charge on any atom is -0.425 e. The monoisotopic (exact) mass is 472 g/mol. The number of thioether (sulfide) groups is 1. The van der Waals surface area contributed by atoms with Gasteiger partial charge in [-0.3, -0.25) is 4.79 Å². The van der Waals surface area contributed by atoms with Crippen molar-refractivity contribution in [2.45, 2.75) is 68.8 Å². The predicted octanol–water partition coefficient (Wildman–Crippen LogP) is 8.07. The number of hydrogen-bond donors (Lipinski definition) is 0. The third-order valence-corrected chi connectivity index (χ3v) is 6.69.